The molecular weight excluding hydrogens is 548 g/mol. The number of hydrogen-bond donors (Lipinski definition) is 4. The molecule has 0 aliphatic carbocycles. The lowest BCUT2D eigenvalue weighted by molar-refractivity contribution is -0.322. The molecule has 42 heavy (non-hydrogen) atoms. The van der Waals surface area contributed by atoms with Crippen molar-refractivity contribution < 1.29 is 48.6 Å². The molecule has 2 aliphatic rings. The topological polar surface area (TPSA) is 170 Å². The number of aromatic hydroxyl groups is 2. The first-order valence-electron chi connectivity index (χ1n) is 12.5. The maximum Gasteiger partial charge on any atom is 0.346 e. The molecule has 2 amide bonds. The van der Waals surface area contributed by atoms with Gasteiger partial charge in [0, 0.05) is 23.3 Å². The van der Waals surface area contributed by atoms with Gasteiger partial charge in [0.25, 0.3) is 11.8 Å². The first-order valence-corrected chi connectivity index (χ1v) is 12.5. The summed E-state index contributed by atoms with van der Waals surface area (Å²) in [5.41, 5.74) is 2.28. The van der Waals surface area contributed by atoms with E-state index in [0.29, 0.717) is 5.56 Å². The number of rotatable bonds is 6. The quantitative estimate of drug-likeness (QED) is 0.111. The van der Waals surface area contributed by atoms with Gasteiger partial charge in [-0.15, -0.1) is 0 Å². The van der Waals surface area contributed by atoms with E-state index in [2.05, 4.69) is 15.4 Å². The standard InChI is InChI=1S/C30H20N2O10/c33-25-7-4-19(11-23(25)31-27(35)15-1-2-17-13-39-40-14-18(17)9-15)41-20-5-8-26(34)24(12-20)32-28(36)16-3-6-21-22(10-16)30(38)42-29(21)37/h1-12,33-34H,13-14H2,(H,31,35)(H,32,36). The molecule has 6 rings (SSSR count). The molecule has 4 aromatic carbocycles. The number of anilines is 2. The molecule has 0 radical (unpaired) electrons. The Hall–Kier alpha value is -5.72. The Kier molecular flexibility index (Phi) is 6.74. The molecule has 12 heteroatoms. The van der Waals surface area contributed by atoms with Crippen LogP contribution in [0.25, 0.3) is 0 Å². The smallest absolute Gasteiger partial charge is 0.346 e. The first-order chi connectivity index (χ1) is 20.2. The minimum atomic E-state index is -0.847. The van der Waals surface area contributed by atoms with Crippen LogP contribution in [0.15, 0.2) is 72.8 Å². The fourth-order valence-electron chi connectivity index (χ4n) is 4.36. The lowest BCUT2D eigenvalue weighted by Crippen LogP contribution is -2.14. The van der Waals surface area contributed by atoms with Crippen molar-refractivity contribution in [2.45, 2.75) is 13.2 Å². The summed E-state index contributed by atoms with van der Waals surface area (Å²) in [5.74, 6) is -2.75. The summed E-state index contributed by atoms with van der Waals surface area (Å²) in [6.45, 7) is 0.496. The molecule has 4 aromatic rings. The van der Waals surface area contributed by atoms with E-state index >= 15 is 0 Å². The Labute approximate surface area is 236 Å². The van der Waals surface area contributed by atoms with E-state index in [1.54, 1.807) is 18.2 Å². The molecule has 0 fully saturated rings. The number of hydrogen-bond acceptors (Lipinski definition) is 10. The van der Waals surface area contributed by atoms with Crippen LogP contribution < -0.4 is 15.4 Å². The van der Waals surface area contributed by atoms with Gasteiger partial charge in [-0.2, -0.15) is 0 Å². The number of phenols is 2. The van der Waals surface area contributed by atoms with Gasteiger partial charge in [-0.25, -0.2) is 19.4 Å². The van der Waals surface area contributed by atoms with E-state index in [1.807, 2.05) is 0 Å². The molecule has 0 aromatic heterocycles. The van der Waals surface area contributed by atoms with Crippen molar-refractivity contribution in [2.75, 3.05) is 10.6 Å². The third-order valence-corrected chi connectivity index (χ3v) is 6.56. The highest BCUT2D eigenvalue weighted by atomic mass is 17.2. The summed E-state index contributed by atoms with van der Waals surface area (Å²) >= 11 is 0. The number of ether oxygens (including phenoxy) is 2. The molecular formula is C30H20N2O10. The first kappa shape index (κ1) is 26.5. The van der Waals surface area contributed by atoms with E-state index in [9.17, 15) is 29.4 Å². The lowest BCUT2D eigenvalue weighted by Gasteiger charge is -2.16. The normalized spacial score (nSPS) is 13.5. The summed E-state index contributed by atoms with van der Waals surface area (Å²) in [6, 6.07) is 17.3. The van der Waals surface area contributed by atoms with Crippen LogP contribution in [-0.2, 0) is 27.7 Å². The van der Waals surface area contributed by atoms with Crippen LogP contribution in [0.1, 0.15) is 52.6 Å². The fourth-order valence-corrected chi connectivity index (χ4v) is 4.36. The highest BCUT2D eigenvalue weighted by Crippen LogP contribution is 2.35. The number of nitrogens with one attached hydrogen (secondary N) is 2. The van der Waals surface area contributed by atoms with Crippen molar-refractivity contribution >= 4 is 35.1 Å². The summed E-state index contributed by atoms with van der Waals surface area (Å²) in [5, 5.41) is 25.8. The summed E-state index contributed by atoms with van der Waals surface area (Å²) in [4.78, 5) is 59.1. The zero-order valence-corrected chi connectivity index (χ0v) is 21.5. The molecule has 0 bridgehead atoms. The van der Waals surface area contributed by atoms with Crippen molar-refractivity contribution in [3.05, 3.63) is 106 Å². The molecule has 0 unspecified atom stereocenters. The predicted molar refractivity (Wildman–Crippen MR) is 144 cm³/mol. The monoisotopic (exact) mass is 568 g/mol. The Morgan fingerprint density at radius 2 is 1.19 bits per heavy atom. The number of cyclic esters (lactones) is 2. The average molecular weight is 568 g/mol. The van der Waals surface area contributed by atoms with Gasteiger partial charge in [-0.3, -0.25) is 9.59 Å². The molecule has 2 heterocycles. The van der Waals surface area contributed by atoms with Crippen molar-refractivity contribution in [1.82, 2.24) is 0 Å². The Morgan fingerprint density at radius 3 is 1.83 bits per heavy atom. The van der Waals surface area contributed by atoms with Crippen molar-refractivity contribution in [1.29, 1.82) is 0 Å². The SMILES string of the molecule is O=C(Nc1cc(Oc2ccc(O)c(NC(=O)c3ccc4c(c3)C(=O)OC4=O)c2)ccc1O)c1ccc2c(c1)COOC2. The van der Waals surface area contributed by atoms with Gasteiger partial charge < -0.3 is 30.3 Å². The van der Waals surface area contributed by atoms with Crippen molar-refractivity contribution in [2.24, 2.45) is 0 Å². The van der Waals surface area contributed by atoms with Crippen LogP contribution in [0, 0.1) is 0 Å². The van der Waals surface area contributed by atoms with E-state index in [4.69, 9.17) is 14.5 Å². The van der Waals surface area contributed by atoms with Crippen LogP contribution in [0.2, 0.25) is 0 Å². The molecule has 12 nitrogen and oxygen atoms in total. The third-order valence-electron chi connectivity index (χ3n) is 6.56. The molecule has 2 aliphatic heterocycles. The number of phenolic OH excluding ortho intramolecular Hbond substituents is 2. The minimum Gasteiger partial charge on any atom is -0.506 e. The summed E-state index contributed by atoms with van der Waals surface area (Å²) < 4.78 is 10.4. The molecule has 0 spiro atoms. The second kappa shape index (κ2) is 10.7. The summed E-state index contributed by atoms with van der Waals surface area (Å²) in [7, 11) is 0. The van der Waals surface area contributed by atoms with Crippen LogP contribution in [-0.4, -0.2) is 34.0 Å². The minimum absolute atomic E-state index is 0.00532. The Morgan fingerprint density at radius 1 is 0.643 bits per heavy atom. The zero-order valence-electron chi connectivity index (χ0n) is 21.5. The lowest BCUT2D eigenvalue weighted by atomic mass is 10.0. The number of carbonyl (C=O) groups is 4. The Bertz CT molecular complexity index is 1800. The molecule has 4 N–H and O–H groups in total. The van der Waals surface area contributed by atoms with Gasteiger partial charge in [0.2, 0.25) is 0 Å². The highest BCUT2D eigenvalue weighted by Gasteiger charge is 2.30. The van der Waals surface area contributed by atoms with Gasteiger partial charge in [-0.1, -0.05) is 6.07 Å². The third kappa shape index (κ3) is 5.22. The molecule has 0 saturated heterocycles. The molecule has 0 atom stereocenters. The van der Waals surface area contributed by atoms with Crippen LogP contribution in [0.3, 0.4) is 0 Å². The maximum atomic E-state index is 12.9. The van der Waals surface area contributed by atoms with E-state index < -0.39 is 23.8 Å². The van der Waals surface area contributed by atoms with Gasteiger partial charge >= 0.3 is 11.9 Å². The number of esters is 2. The number of benzene rings is 4. The predicted octanol–water partition coefficient (Wildman–Crippen LogP) is 4.67. The van der Waals surface area contributed by atoms with E-state index in [0.717, 1.165) is 11.1 Å². The van der Waals surface area contributed by atoms with Gasteiger partial charge in [0.15, 0.2) is 0 Å². The Balaban J connectivity index is 1.17. The zero-order chi connectivity index (χ0) is 29.4. The van der Waals surface area contributed by atoms with E-state index in [-0.39, 0.29) is 64.3 Å². The fraction of sp³-hybridized carbons (Fsp3) is 0.0667. The second-order valence-corrected chi connectivity index (χ2v) is 9.31. The number of carbonyl (C=O) groups excluding carboxylic acids is 4. The van der Waals surface area contributed by atoms with Crippen molar-refractivity contribution in [3.8, 4) is 23.0 Å². The van der Waals surface area contributed by atoms with Gasteiger partial charge in [0.05, 0.1) is 22.5 Å². The van der Waals surface area contributed by atoms with Crippen molar-refractivity contribution in [3.63, 3.8) is 0 Å². The summed E-state index contributed by atoms with van der Waals surface area (Å²) in [6.07, 6.45) is 0. The van der Waals surface area contributed by atoms with Crippen LogP contribution in [0.5, 0.6) is 23.0 Å². The van der Waals surface area contributed by atoms with E-state index in [1.165, 1.54) is 54.6 Å². The number of amides is 2. The molecule has 0 saturated carbocycles. The van der Waals surface area contributed by atoms with Crippen LogP contribution in [0.4, 0.5) is 11.4 Å². The maximum absolute atomic E-state index is 12.9. The highest BCUT2D eigenvalue weighted by molar-refractivity contribution is 6.16. The second-order valence-electron chi connectivity index (χ2n) is 9.31. The number of fused-ring (bicyclic) bond motifs is 2. The van der Waals surface area contributed by atoms with Gasteiger partial charge in [0.1, 0.15) is 36.2 Å². The van der Waals surface area contributed by atoms with Gasteiger partial charge in [-0.05, 0) is 65.7 Å². The largest absolute Gasteiger partial charge is 0.506 e. The average Bonchev–Trinajstić information content (AvgIpc) is 3.28. The van der Waals surface area contributed by atoms with Crippen LogP contribution >= 0.6 is 0 Å². The molecule has 210 valence electrons.